The van der Waals surface area contributed by atoms with E-state index < -0.39 is 22.9 Å². The minimum absolute atomic E-state index is 0.129. The van der Waals surface area contributed by atoms with Crippen LogP contribution in [-0.4, -0.2) is 35.2 Å². The van der Waals surface area contributed by atoms with E-state index in [2.05, 4.69) is 10.6 Å². The van der Waals surface area contributed by atoms with Gasteiger partial charge in [-0.1, -0.05) is 89.2 Å². The average Bonchev–Trinajstić information content (AvgIpc) is 2.75. The van der Waals surface area contributed by atoms with Crippen LogP contribution in [0.5, 0.6) is 0 Å². The summed E-state index contributed by atoms with van der Waals surface area (Å²) in [4.78, 5) is 25.2. The van der Waals surface area contributed by atoms with Crippen molar-refractivity contribution in [2.24, 2.45) is 10.8 Å². The molecule has 0 aliphatic carbocycles. The van der Waals surface area contributed by atoms with Crippen molar-refractivity contribution in [2.75, 3.05) is 13.2 Å². The number of hydrogen-bond acceptors (Lipinski definition) is 4. The van der Waals surface area contributed by atoms with Gasteiger partial charge in [0.2, 0.25) is 11.8 Å². The summed E-state index contributed by atoms with van der Waals surface area (Å²) < 4.78 is 0. The summed E-state index contributed by atoms with van der Waals surface area (Å²) in [5.74, 6) is -0.273. The van der Waals surface area contributed by atoms with Crippen LogP contribution in [0, 0.1) is 10.8 Å². The van der Waals surface area contributed by atoms with Gasteiger partial charge in [-0.15, -0.1) is 0 Å². The Morgan fingerprint density at radius 1 is 0.750 bits per heavy atom. The van der Waals surface area contributed by atoms with Crippen LogP contribution in [0.2, 0.25) is 0 Å². The lowest BCUT2D eigenvalue weighted by Gasteiger charge is -2.27. The number of rotatable bonds is 9. The third-order valence-corrected chi connectivity index (χ3v) is 5.50. The highest BCUT2D eigenvalue weighted by molar-refractivity contribution is 5.83. The third-order valence-electron chi connectivity index (χ3n) is 5.50. The van der Waals surface area contributed by atoms with E-state index in [1.54, 1.807) is 0 Å². The first-order chi connectivity index (χ1) is 15.0. The molecular formula is C26H36N2O4. The zero-order valence-electron chi connectivity index (χ0n) is 19.7. The van der Waals surface area contributed by atoms with Gasteiger partial charge in [0, 0.05) is 10.8 Å². The van der Waals surface area contributed by atoms with Crippen molar-refractivity contribution in [3.05, 3.63) is 71.3 Å². The summed E-state index contributed by atoms with van der Waals surface area (Å²) in [6, 6.07) is 16.0. The minimum atomic E-state index is -0.694. The van der Waals surface area contributed by atoms with Gasteiger partial charge in [-0.05, 0) is 23.1 Å². The Morgan fingerprint density at radius 3 is 1.69 bits per heavy atom. The van der Waals surface area contributed by atoms with Gasteiger partial charge >= 0.3 is 0 Å². The second-order valence-corrected chi connectivity index (χ2v) is 9.88. The van der Waals surface area contributed by atoms with Crippen LogP contribution in [0.1, 0.15) is 63.4 Å². The molecule has 2 rings (SSSR count). The predicted molar refractivity (Wildman–Crippen MR) is 126 cm³/mol. The molecule has 0 fully saturated rings. The molecule has 2 aromatic rings. The molecule has 0 saturated carbocycles. The van der Waals surface area contributed by atoms with Gasteiger partial charge in [0.15, 0.2) is 0 Å². The molecule has 0 aliphatic heterocycles. The van der Waals surface area contributed by atoms with E-state index in [1.165, 1.54) is 0 Å². The molecule has 0 aromatic heterocycles. The van der Waals surface area contributed by atoms with Crippen molar-refractivity contribution in [3.8, 4) is 0 Å². The van der Waals surface area contributed by atoms with Crippen molar-refractivity contribution < 1.29 is 19.8 Å². The molecule has 4 N–H and O–H groups in total. The summed E-state index contributed by atoms with van der Waals surface area (Å²) >= 11 is 0. The van der Waals surface area contributed by atoms with Crippen LogP contribution >= 0.6 is 0 Å². The highest BCUT2D eigenvalue weighted by atomic mass is 16.3. The quantitative estimate of drug-likeness (QED) is 0.481. The van der Waals surface area contributed by atoms with E-state index in [0.29, 0.717) is 6.42 Å². The third kappa shape index (κ3) is 6.90. The maximum atomic E-state index is 12.9. The van der Waals surface area contributed by atoms with Crippen molar-refractivity contribution in [1.82, 2.24) is 10.6 Å². The second kappa shape index (κ2) is 10.7. The Bertz CT molecular complexity index is 886. The Labute approximate surface area is 191 Å². The molecule has 32 heavy (non-hydrogen) atoms. The highest BCUT2D eigenvalue weighted by Crippen LogP contribution is 2.25. The number of carbonyl (C=O) groups excluding carboxylic acids is 2. The number of hydrogen-bond donors (Lipinski definition) is 4. The first kappa shape index (κ1) is 25.6. The molecular weight excluding hydrogens is 404 g/mol. The fourth-order valence-electron chi connectivity index (χ4n) is 3.34. The van der Waals surface area contributed by atoms with Gasteiger partial charge in [-0.3, -0.25) is 9.59 Å². The van der Waals surface area contributed by atoms with Gasteiger partial charge in [-0.25, -0.2) is 0 Å². The number of benzene rings is 2. The number of aliphatic hydroxyl groups excluding tert-OH is 2. The molecule has 2 amide bonds. The zero-order valence-corrected chi connectivity index (χ0v) is 19.7. The van der Waals surface area contributed by atoms with Crippen LogP contribution in [0.3, 0.4) is 0 Å². The fraction of sp³-hybridized carbons (Fsp3) is 0.462. The van der Waals surface area contributed by atoms with Crippen molar-refractivity contribution >= 4 is 11.8 Å². The molecule has 6 heteroatoms. The van der Waals surface area contributed by atoms with Crippen LogP contribution in [0.15, 0.2) is 54.6 Å². The standard InChI is InChI=1S/C26H36N2O4/c1-25(2,3)23(31)27-22(17-30)20-13-11-18(12-14-20)15-26(4,5)24(32)28-21(16-29)19-9-7-6-8-10-19/h6-14,21-22,29-30H,15-17H2,1-5H3,(H,27,31)(H,28,32)/t21-,22?/m0/s1. The molecule has 0 heterocycles. The normalized spacial score (nSPS) is 13.8. The molecule has 0 bridgehead atoms. The van der Waals surface area contributed by atoms with Crippen molar-refractivity contribution in [2.45, 2.75) is 53.1 Å². The van der Waals surface area contributed by atoms with Gasteiger partial charge in [-0.2, -0.15) is 0 Å². The Hall–Kier alpha value is -2.70. The SMILES string of the molecule is CC(C)(C)C(=O)NC(CO)c1ccc(CC(C)(C)C(=O)N[C@@H](CO)c2ccccc2)cc1. The lowest BCUT2D eigenvalue weighted by molar-refractivity contribution is -0.130. The Morgan fingerprint density at radius 2 is 1.22 bits per heavy atom. The van der Waals surface area contributed by atoms with E-state index in [1.807, 2.05) is 89.2 Å². The van der Waals surface area contributed by atoms with Crippen LogP contribution in [-0.2, 0) is 16.0 Å². The van der Waals surface area contributed by atoms with Gasteiger partial charge in [0.05, 0.1) is 25.3 Å². The lowest BCUT2D eigenvalue weighted by Crippen LogP contribution is -2.41. The van der Waals surface area contributed by atoms with Gasteiger partial charge in [0.1, 0.15) is 0 Å². The summed E-state index contributed by atoms with van der Waals surface area (Å²) in [5, 5.41) is 25.3. The topological polar surface area (TPSA) is 98.7 Å². The van der Waals surface area contributed by atoms with E-state index >= 15 is 0 Å². The molecule has 0 spiro atoms. The number of nitrogens with one attached hydrogen (secondary N) is 2. The predicted octanol–water partition coefficient (Wildman–Crippen LogP) is 3.30. The maximum absolute atomic E-state index is 12.9. The average molecular weight is 441 g/mol. The molecule has 1 unspecified atom stereocenters. The molecule has 6 nitrogen and oxygen atoms in total. The zero-order chi connectivity index (χ0) is 23.9. The summed E-state index contributed by atoms with van der Waals surface area (Å²) in [7, 11) is 0. The smallest absolute Gasteiger partial charge is 0.226 e. The molecule has 0 radical (unpaired) electrons. The van der Waals surface area contributed by atoms with Crippen LogP contribution in [0.4, 0.5) is 0 Å². The minimum Gasteiger partial charge on any atom is -0.394 e. The first-order valence-electron chi connectivity index (χ1n) is 11.0. The summed E-state index contributed by atoms with van der Waals surface area (Å²) in [5.41, 5.74) is 1.39. The maximum Gasteiger partial charge on any atom is 0.226 e. The lowest BCUT2D eigenvalue weighted by atomic mass is 9.84. The monoisotopic (exact) mass is 440 g/mol. The first-order valence-corrected chi connectivity index (χ1v) is 11.0. The highest BCUT2D eigenvalue weighted by Gasteiger charge is 2.30. The molecule has 2 aromatic carbocycles. The Balaban J connectivity index is 2.06. The molecule has 0 aliphatic rings. The van der Waals surface area contributed by atoms with Gasteiger partial charge < -0.3 is 20.8 Å². The fourth-order valence-corrected chi connectivity index (χ4v) is 3.34. The number of amides is 2. The largest absolute Gasteiger partial charge is 0.394 e. The summed E-state index contributed by atoms with van der Waals surface area (Å²) in [6.45, 7) is 8.84. The van der Waals surface area contributed by atoms with E-state index in [9.17, 15) is 19.8 Å². The molecule has 2 atom stereocenters. The second-order valence-electron chi connectivity index (χ2n) is 9.88. The van der Waals surface area contributed by atoms with Crippen LogP contribution < -0.4 is 10.6 Å². The number of aliphatic hydroxyl groups is 2. The van der Waals surface area contributed by atoms with Crippen molar-refractivity contribution in [1.29, 1.82) is 0 Å². The van der Waals surface area contributed by atoms with E-state index in [4.69, 9.17) is 0 Å². The van der Waals surface area contributed by atoms with Crippen LogP contribution in [0.25, 0.3) is 0 Å². The Kier molecular flexibility index (Phi) is 8.58. The van der Waals surface area contributed by atoms with Crippen molar-refractivity contribution in [3.63, 3.8) is 0 Å². The van der Waals surface area contributed by atoms with E-state index in [0.717, 1.165) is 16.7 Å². The number of carbonyl (C=O) groups is 2. The van der Waals surface area contributed by atoms with Gasteiger partial charge in [0.25, 0.3) is 0 Å². The molecule has 0 saturated heterocycles. The summed E-state index contributed by atoms with van der Waals surface area (Å²) in [6.07, 6.45) is 0.504. The van der Waals surface area contributed by atoms with E-state index in [-0.39, 0.29) is 25.0 Å². The molecule has 174 valence electrons.